The van der Waals surface area contributed by atoms with Crippen LogP contribution in [0.1, 0.15) is 13.3 Å². The van der Waals surface area contributed by atoms with Crippen LogP contribution in [-0.2, 0) is 14.1 Å². The highest BCUT2D eigenvalue weighted by Gasteiger charge is 2.28. The van der Waals surface area contributed by atoms with Crippen molar-refractivity contribution in [1.29, 1.82) is 0 Å². The second-order valence-electron chi connectivity index (χ2n) is 3.95. The Balaban J connectivity index is 2.89. The first-order valence-corrected chi connectivity index (χ1v) is 9.17. The van der Waals surface area contributed by atoms with Crippen molar-refractivity contribution in [3.05, 3.63) is 30.3 Å². The van der Waals surface area contributed by atoms with E-state index in [1.807, 2.05) is 30.3 Å². The molecule has 18 heavy (non-hydrogen) atoms. The van der Waals surface area contributed by atoms with Crippen molar-refractivity contribution < 1.29 is 14.1 Å². The summed E-state index contributed by atoms with van der Waals surface area (Å²) < 4.78 is 17.9. The molecule has 0 N–H and O–H groups in total. The van der Waals surface area contributed by atoms with E-state index < -0.39 is 7.14 Å². The number of carbonyl (C=O) groups excluding carboxylic acids is 1. The van der Waals surface area contributed by atoms with Gasteiger partial charge >= 0.3 is 5.97 Å². The van der Waals surface area contributed by atoms with Crippen LogP contribution in [0.3, 0.4) is 0 Å². The molecule has 0 heterocycles. The van der Waals surface area contributed by atoms with Gasteiger partial charge in [0.1, 0.15) is 13.3 Å². The number of halogens is 1. The van der Waals surface area contributed by atoms with Crippen molar-refractivity contribution in [3.63, 3.8) is 0 Å². The van der Waals surface area contributed by atoms with E-state index in [1.54, 1.807) is 6.92 Å². The van der Waals surface area contributed by atoms with E-state index in [0.29, 0.717) is 12.8 Å². The van der Waals surface area contributed by atoms with E-state index in [2.05, 4.69) is 15.9 Å². The third kappa shape index (κ3) is 4.58. The van der Waals surface area contributed by atoms with Gasteiger partial charge < -0.3 is 9.30 Å². The van der Waals surface area contributed by atoms with E-state index in [-0.39, 0.29) is 12.1 Å². The Kier molecular flexibility index (Phi) is 6.66. The average molecular weight is 333 g/mol. The summed E-state index contributed by atoms with van der Waals surface area (Å²) >= 11 is 3.33. The smallest absolute Gasteiger partial charge is 0.313 e. The van der Waals surface area contributed by atoms with Crippen LogP contribution in [0.4, 0.5) is 0 Å². The minimum absolute atomic E-state index is 0.00213. The number of esters is 1. The van der Waals surface area contributed by atoms with Gasteiger partial charge in [-0.25, -0.2) is 0 Å². The summed E-state index contributed by atoms with van der Waals surface area (Å²) in [5.74, 6) is -0.376. The molecule has 0 bridgehead atoms. The molecule has 0 radical (unpaired) electrons. The topological polar surface area (TPSA) is 43.4 Å². The van der Waals surface area contributed by atoms with Crippen LogP contribution in [0.25, 0.3) is 0 Å². The molecule has 1 rings (SSSR count). The monoisotopic (exact) mass is 332 g/mol. The Morgan fingerprint density at radius 2 is 2.00 bits per heavy atom. The molecule has 5 heteroatoms. The minimum Gasteiger partial charge on any atom is -0.466 e. The number of hydrogen-bond acceptors (Lipinski definition) is 3. The molecule has 0 aliphatic rings. The first-order chi connectivity index (χ1) is 8.62. The van der Waals surface area contributed by atoms with Crippen LogP contribution in [0, 0.1) is 0 Å². The van der Waals surface area contributed by atoms with Gasteiger partial charge in [-0.05, 0) is 13.3 Å². The lowest BCUT2D eigenvalue weighted by atomic mass is 10.4. The van der Waals surface area contributed by atoms with Crippen molar-refractivity contribution in [2.45, 2.75) is 13.3 Å². The van der Waals surface area contributed by atoms with Crippen LogP contribution < -0.4 is 5.30 Å². The maximum Gasteiger partial charge on any atom is 0.313 e. The predicted octanol–water partition coefficient (Wildman–Crippen LogP) is 3.02. The Hall–Kier alpha value is -0.600. The van der Waals surface area contributed by atoms with Gasteiger partial charge in [-0.15, -0.1) is 0 Å². The zero-order valence-electron chi connectivity index (χ0n) is 10.5. The molecule has 1 aromatic carbocycles. The second kappa shape index (κ2) is 7.75. The normalized spacial score (nSPS) is 13.9. The Labute approximate surface area is 116 Å². The molecular weight excluding hydrogens is 315 g/mol. The van der Waals surface area contributed by atoms with Crippen molar-refractivity contribution >= 4 is 34.3 Å². The van der Waals surface area contributed by atoms with Gasteiger partial charge in [0.15, 0.2) is 0 Å². The number of hydrogen-bond donors (Lipinski definition) is 0. The third-order valence-electron chi connectivity index (χ3n) is 2.57. The summed E-state index contributed by atoms with van der Waals surface area (Å²) in [7, 11) is -2.68. The Morgan fingerprint density at radius 1 is 1.33 bits per heavy atom. The molecule has 1 atom stereocenters. The third-order valence-corrected chi connectivity index (χ3v) is 6.18. The summed E-state index contributed by atoms with van der Waals surface area (Å²) in [5, 5.41) is 1.55. The van der Waals surface area contributed by atoms with Gasteiger partial charge in [-0.1, -0.05) is 46.3 Å². The largest absolute Gasteiger partial charge is 0.466 e. The summed E-state index contributed by atoms with van der Waals surface area (Å²) in [4.78, 5) is 11.6. The molecule has 3 nitrogen and oxygen atoms in total. The highest BCUT2D eigenvalue weighted by atomic mass is 79.9. The minimum atomic E-state index is -2.68. The van der Waals surface area contributed by atoms with Crippen LogP contribution in [-0.4, -0.2) is 30.2 Å². The molecular formula is C13H18BrO3P. The highest BCUT2D eigenvalue weighted by molar-refractivity contribution is 9.09. The van der Waals surface area contributed by atoms with Crippen molar-refractivity contribution in [2.24, 2.45) is 0 Å². The van der Waals surface area contributed by atoms with Gasteiger partial charge in [0.25, 0.3) is 0 Å². The number of alkyl halides is 1. The maximum atomic E-state index is 12.9. The fraction of sp³-hybridized carbons (Fsp3) is 0.462. The van der Waals surface area contributed by atoms with Gasteiger partial charge in [0, 0.05) is 16.8 Å². The summed E-state index contributed by atoms with van der Waals surface area (Å²) in [6.45, 7) is 2.08. The predicted molar refractivity (Wildman–Crippen MR) is 78.5 cm³/mol. The summed E-state index contributed by atoms with van der Waals surface area (Å²) in [6, 6.07) is 9.23. The molecule has 0 aromatic heterocycles. The molecule has 1 aromatic rings. The molecule has 0 spiro atoms. The lowest BCUT2D eigenvalue weighted by molar-refractivity contribution is -0.140. The Morgan fingerprint density at radius 3 is 2.56 bits per heavy atom. The zero-order valence-corrected chi connectivity index (χ0v) is 13.0. The van der Waals surface area contributed by atoms with Gasteiger partial charge in [-0.3, -0.25) is 4.79 Å². The van der Waals surface area contributed by atoms with Crippen LogP contribution in [0.15, 0.2) is 30.3 Å². The van der Waals surface area contributed by atoms with E-state index in [4.69, 9.17) is 4.74 Å². The molecule has 0 saturated carbocycles. The van der Waals surface area contributed by atoms with Crippen LogP contribution in [0.2, 0.25) is 0 Å². The van der Waals surface area contributed by atoms with Gasteiger partial charge in [-0.2, -0.15) is 0 Å². The summed E-state index contributed by atoms with van der Waals surface area (Å²) in [6.07, 6.45) is 1.31. The van der Waals surface area contributed by atoms with E-state index in [0.717, 1.165) is 17.1 Å². The lowest BCUT2D eigenvalue weighted by Crippen LogP contribution is -2.18. The molecule has 0 fully saturated rings. The maximum absolute atomic E-state index is 12.9. The SMILES string of the molecule is CCOC(=O)CP(=O)(CCCBr)c1ccccc1. The van der Waals surface area contributed by atoms with Crippen LogP contribution >= 0.6 is 23.1 Å². The average Bonchev–Trinajstić information content (AvgIpc) is 2.38. The zero-order chi connectivity index (χ0) is 13.4. The molecule has 100 valence electrons. The van der Waals surface area contributed by atoms with Crippen LogP contribution in [0.5, 0.6) is 0 Å². The fourth-order valence-corrected chi connectivity index (χ4v) is 4.93. The lowest BCUT2D eigenvalue weighted by Gasteiger charge is -2.17. The first-order valence-electron chi connectivity index (χ1n) is 5.97. The number of carbonyl (C=O) groups is 1. The van der Waals surface area contributed by atoms with Gasteiger partial charge in [0.05, 0.1) is 6.61 Å². The molecule has 1 unspecified atom stereocenters. The number of benzene rings is 1. The first kappa shape index (κ1) is 15.5. The van der Waals surface area contributed by atoms with E-state index in [1.165, 1.54) is 0 Å². The number of rotatable bonds is 7. The molecule has 0 aliphatic carbocycles. The molecule has 0 saturated heterocycles. The van der Waals surface area contributed by atoms with Crippen molar-refractivity contribution in [3.8, 4) is 0 Å². The van der Waals surface area contributed by atoms with Gasteiger partial charge in [0.2, 0.25) is 0 Å². The highest BCUT2D eigenvalue weighted by Crippen LogP contribution is 2.45. The standard InChI is InChI=1S/C13H18BrO3P/c1-2-17-13(15)11-18(16,10-6-9-14)12-7-4-3-5-8-12/h3-5,7-8H,2,6,9-11H2,1H3. The Bertz CT molecular complexity index is 420. The molecule has 0 amide bonds. The summed E-state index contributed by atoms with van der Waals surface area (Å²) in [5.41, 5.74) is 0. The molecule has 0 aliphatic heterocycles. The second-order valence-corrected chi connectivity index (χ2v) is 7.81. The fourth-order valence-electron chi connectivity index (χ4n) is 1.73. The van der Waals surface area contributed by atoms with E-state index in [9.17, 15) is 9.36 Å². The van der Waals surface area contributed by atoms with Crippen molar-refractivity contribution in [1.82, 2.24) is 0 Å². The van der Waals surface area contributed by atoms with Crippen molar-refractivity contribution in [2.75, 3.05) is 24.3 Å². The van der Waals surface area contributed by atoms with E-state index >= 15 is 0 Å². The quantitative estimate of drug-likeness (QED) is 0.438. The number of ether oxygens (including phenoxy) is 1.